The van der Waals surface area contributed by atoms with Crippen molar-refractivity contribution in [2.24, 2.45) is 0 Å². The Morgan fingerprint density at radius 3 is 2.60 bits per heavy atom. The molecule has 0 atom stereocenters. The van der Waals surface area contributed by atoms with Crippen LogP contribution < -0.4 is 0 Å². The average Bonchev–Trinajstić information content (AvgIpc) is 3.27. The van der Waals surface area contributed by atoms with E-state index in [1.54, 1.807) is 18.7 Å². The lowest BCUT2D eigenvalue weighted by Gasteiger charge is -2.08. The van der Waals surface area contributed by atoms with Crippen LogP contribution in [0.25, 0.3) is 44.5 Å². The quantitative estimate of drug-likeness (QED) is 0.509. The Balaban J connectivity index is 1.86. The highest BCUT2D eigenvalue weighted by molar-refractivity contribution is 6.03. The van der Waals surface area contributed by atoms with E-state index < -0.39 is 0 Å². The van der Waals surface area contributed by atoms with E-state index in [0.717, 1.165) is 44.6 Å². The number of pyridine rings is 3. The third kappa shape index (κ3) is 2.13. The van der Waals surface area contributed by atoms with Gasteiger partial charge in [0.15, 0.2) is 5.65 Å². The smallest absolute Gasteiger partial charge is 0.160 e. The second-order valence-corrected chi connectivity index (χ2v) is 5.92. The van der Waals surface area contributed by atoms with Crippen molar-refractivity contribution in [2.75, 3.05) is 0 Å². The molecule has 0 bridgehead atoms. The van der Waals surface area contributed by atoms with Gasteiger partial charge in [-0.25, -0.2) is 15.0 Å². The molecule has 5 heteroatoms. The summed E-state index contributed by atoms with van der Waals surface area (Å²) < 4.78 is 5.46. The van der Waals surface area contributed by atoms with Crippen molar-refractivity contribution in [3.8, 4) is 22.4 Å². The molecule has 5 heterocycles. The van der Waals surface area contributed by atoms with E-state index in [-0.39, 0.29) is 0 Å². The zero-order valence-electron chi connectivity index (χ0n) is 13.5. The van der Waals surface area contributed by atoms with Crippen LogP contribution in [0.15, 0.2) is 65.7 Å². The lowest BCUT2D eigenvalue weighted by atomic mass is 10.00. The fourth-order valence-electron chi connectivity index (χ4n) is 3.25. The van der Waals surface area contributed by atoms with Gasteiger partial charge in [-0.1, -0.05) is 0 Å². The molecule has 0 aliphatic heterocycles. The SMILES string of the molecule is Cc1occc1-c1cc(-c2c[nH]c3ncccc23)c2cccnc2n1. The van der Waals surface area contributed by atoms with E-state index in [1.165, 1.54) is 0 Å². The molecule has 0 unspecified atom stereocenters. The van der Waals surface area contributed by atoms with Crippen molar-refractivity contribution in [1.29, 1.82) is 0 Å². The number of hydrogen-bond donors (Lipinski definition) is 1. The average molecular weight is 326 g/mol. The molecule has 5 rings (SSSR count). The van der Waals surface area contributed by atoms with Crippen molar-refractivity contribution in [3.63, 3.8) is 0 Å². The summed E-state index contributed by atoms with van der Waals surface area (Å²) in [5.74, 6) is 0.842. The van der Waals surface area contributed by atoms with Crippen molar-refractivity contribution >= 4 is 22.1 Å². The van der Waals surface area contributed by atoms with Gasteiger partial charge in [-0.3, -0.25) is 0 Å². The van der Waals surface area contributed by atoms with Crippen molar-refractivity contribution in [2.45, 2.75) is 6.92 Å². The molecule has 0 fully saturated rings. The number of rotatable bonds is 2. The molecule has 0 saturated carbocycles. The van der Waals surface area contributed by atoms with E-state index in [4.69, 9.17) is 9.40 Å². The normalized spacial score (nSPS) is 11.4. The summed E-state index contributed by atoms with van der Waals surface area (Å²) in [5, 5.41) is 2.09. The fourth-order valence-corrected chi connectivity index (χ4v) is 3.25. The molecule has 0 aromatic carbocycles. The maximum absolute atomic E-state index is 5.46. The first-order valence-corrected chi connectivity index (χ1v) is 8.04. The largest absolute Gasteiger partial charge is 0.469 e. The van der Waals surface area contributed by atoms with Gasteiger partial charge >= 0.3 is 0 Å². The number of furan rings is 1. The van der Waals surface area contributed by atoms with Crippen LogP contribution in [-0.4, -0.2) is 19.9 Å². The molecule has 0 radical (unpaired) electrons. The van der Waals surface area contributed by atoms with Crippen molar-refractivity contribution < 1.29 is 4.42 Å². The number of hydrogen-bond acceptors (Lipinski definition) is 4. The Morgan fingerprint density at radius 1 is 0.920 bits per heavy atom. The predicted molar refractivity (Wildman–Crippen MR) is 97.1 cm³/mol. The van der Waals surface area contributed by atoms with E-state index in [2.05, 4.69) is 27.1 Å². The number of H-pyrrole nitrogens is 1. The van der Waals surface area contributed by atoms with Gasteiger partial charge in [-0.15, -0.1) is 0 Å². The van der Waals surface area contributed by atoms with Gasteiger partial charge in [0.05, 0.1) is 12.0 Å². The molecule has 25 heavy (non-hydrogen) atoms. The Kier molecular flexibility index (Phi) is 2.94. The monoisotopic (exact) mass is 326 g/mol. The van der Waals surface area contributed by atoms with Crippen molar-refractivity contribution in [1.82, 2.24) is 19.9 Å². The van der Waals surface area contributed by atoms with Crippen LogP contribution >= 0.6 is 0 Å². The Labute approximate surface area is 143 Å². The summed E-state index contributed by atoms with van der Waals surface area (Å²) in [6.07, 6.45) is 7.23. The van der Waals surface area contributed by atoms with E-state index >= 15 is 0 Å². The first-order valence-electron chi connectivity index (χ1n) is 8.04. The highest BCUT2D eigenvalue weighted by Gasteiger charge is 2.15. The molecular weight excluding hydrogens is 312 g/mol. The summed E-state index contributed by atoms with van der Waals surface area (Å²) >= 11 is 0. The van der Waals surface area contributed by atoms with E-state index in [1.807, 2.05) is 37.4 Å². The van der Waals surface area contributed by atoms with Crippen molar-refractivity contribution in [3.05, 3.63) is 67.0 Å². The standard InChI is InChI=1S/C20H14N4O/c1-12-13(6-9-25-12)18-10-16(14-4-2-8-22-20(14)24-18)17-11-23-19-15(17)5-3-7-21-19/h2-11H,1H3,(H,21,23). The van der Waals surface area contributed by atoms with Crippen LogP contribution in [0.3, 0.4) is 0 Å². The number of nitrogens with zero attached hydrogens (tertiary/aromatic N) is 3. The van der Waals surface area contributed by atoms with Gasteiger partial charge in [0.2, 0.25) is 0 Å². The third-order valence-electron chi connectivity index (χ3n) is 4.46. The zero-order chi connectivity index (χ0) is 16.8. The molecule has 0 aliphatic carbocycles. The minimum absolute atomic E-state index is 0.717. The molecular formula is C20H14N4O. The molecule has 0 saturated heterocycles. The fraction of sp³-hybridized carbons (Fsp3) is 0.0500. The molecule has 5 nitrogen and oxygen atoms in total. The van der Waals surface area contributed by atoms with Crippen LogP contribution in [0.2, 0.25) is 0 Å². The third-order valence-corrected chi connectivity index (χ3v) is 4.46. The minimum atomic E-state index is 0.717. The predicted octanol–water partition coefficient (Wildman–Crippen LogP) is 4.74. The van der Waals surface area contributed by atoms with Crippen LogP contribution in [0.4, 0.5) is 0 Å². The summed E-state index contributed by atoms with van der Waals surface area (Å²) in [6, 6.07) is 12.0. The van der Waals surface area contributed by atoms with Crippen LogP contribution in [0.5, 0.6) is 0 Å². The van der Waals surface area contributed by atoms with Crippen LogP contribution in [0, 0.1) is 6.92 Å². The Hall–Kier alpha value is -3.47. The number of aromatic amines is 1. The van der Waals surface area contributed by atoms with Gasteiger partial charge in [0, 0.05) is 40.5 Å². The second kappa shape index (κ2) is 5.27. The minimum Gasteiger partial charge on any atom is -0.469 e. The summed E-state index contributed by atoms with van der Waals surface area (Å²) in [6.45, 7) is 1.94. The number of fused-ring (bicyclic) bond motifs is 2. The van der Waals surface area contributed by atoms with Crippen LogP contribution in [0.1, 0.15) is 5.76 Å². The van der Waals surface area contributed by atoms with Gasteiger partial charge < -0.3 is 9.40 Å². The first kappa shape index (κ1) is 13.9. The highest BCUT2D eigenvalue weighted by Crippen LogP contribution is 2.35. The molecule has 0 aliphatic rings. The summed E-state index contributed by atoms with van der Waals surface area (Å²) in [5.41, 5.74) is 5.58. The maximum atomic E-state index is 5.46. The number of aromatic nitrogens is 4. The molecule has 1 N–H and O–H groups in total. The maximum Gasteiger partial charge on any atom is 0.160 e. The molecule has 120 valence electrons. The second-order valence-electron chi connectivity index (χ2n) is 5.92. The molecule has 5 aromatic rings. The van der Waals surface area contributed by atoms with E-state index in [9.17, 15) is 0 Å². The molecule has 5 aromatic heterocycles. The van der Waals surface area contributed by atoms with Gasteiger partial charge in [0.1, 0.15) is 11.4 Å². The molecule has 0 spiro atoms. The summed E-state index contributed by atoms with van der Waals surface area (Å²) in [4.78, 5) is 16.8. The van der Waals surface area contributed by atoms with E-state index in [0.29, 0.717) is 5.65 Å². The Morgan fingerprint density at radius 2 is 1.76 bits per heavy atom. The highest BCUT2D eigenvalue weighted by atomic mass is 16.3. The first-order chi connectivity index (χ1) is 12.3. The number of nitrogens with one attached hydrogen (secondary N) is 1. The zero-order valence-corrected chi connectivity index (χ0v) is 13.5. The summed E-state index contributed by atoms with van der Waals surface area (Å²) in [7, 11) is 0. The lowest BCUT2D eigenvalue weighted by Crippen LogP contribution is -1.91. The number of aryl methyl sites for hydroxylation is 1. The van der Waals surface area contributed by atoms with Crippen LogP contribution in [-0.2, 0) is 0 Å². The molecule has 0 amide bonds. The topological polar surface area (TPSA) is 67.6 Å². The van der Waals surface area contributed by atoms with Gasteiger partial charge in [0.25, 0.3) is 0 Å². The van der Waals surface area contributed by atoms with Gasteiger partial charge in [-0.2, -0.15) is 0 Å². The Bertz CT molecular complexity index is 1220. The van der Waals surface area contributed by atoms with Gasteiger partial charge in [-0.05, 0) is 48.9 Å². The lowest BCUT2D eigenvalue weighted by molar-refractivity contribution is 0.535.